The third-order valence-electron chi connectivity index (χ3n) is 6.18. The lowest BCUT2D eigenvalue weighted by molar-refractivity contribution is -0.286. The smallest absolute Gasteiger partial charge is 0.440 e. The normalized spacial score (nSPS) is 13.8. The first-order chi connectivity index (χ1) is 19.0. The number of rotatable bonds is 5. The summed E-state index contributed by atoms with van der Waals surface area (Å²) in [4.78, 5) is 8.05. The van der Waals surface area contributed by atoms with Crippen LogP contribution in [0, 0.1) is 13.5 Å². The molecule has 0 aliphatic carbocycles. The molecule has 6 rings (SSSR count). The maximum absolute atomic E-state index is 13.7. The highest BCUT2D eigenvalue weighted by Gasteiger charge is 2.43. The monoisotopic (exact) mass is 560 g/mol. The molecule has 3 aromatic carbocycles. The van der Waals surface area contributed by atoms with E-state index in [4.69, 9.17) is 11.0 Å². The summed E-state index contributed by atoms with van der Waals surface area (Å²) in [6.45, 7) is 8.94. The fourth-order valence-electron chi connectivity index (χ4n) is 4.41. The molecule has 200 valence electrons. The van der Waals surface area contributed by atoms with Crippen molar-refractivity contribution in [2.45, 2.75) is 18.1 Å². The van der Waals surface area contributed by atoms with E-state index in [1.165, 1.54) is 22.9 Å². The van der Waals surface area contributed by atoms with Crippen LogP contribution in [0.15, 0.2) is 82.2 Å². The third-order valence-corrected chi connectivity index (χ3v) is 7.29. The van der Waals surface area contributed by atoms with Gasteiger partial charge in [-0.2, -0.15) is 4.68 Å². The van der Waals surface area contributed by atoms with E-state index in [9.17, 15) is 17.2 Å². The number of alkyl halides is 2. The maximum atomic E-state index is 13.7. The van der Waals surface area contributed by atoms with E-state index in [0.29, 0.717) is 45.3 Å². The number of aryl methyl sites for hydroxylation is 1. The number of halogens is 2. The minimum Gasteiger partial charge on any atom is -0.440 e. The summed E-state index contributed by atoms with van der Waals surface area (Å²) in [7, 11) is -3.45. The van der Waals surface area contributed by atoms with Gasteiger partial charge in [-0.15, -0.1) is 8.78 Å². The van der Waals surface area contributed by atoms with Crippen LogP contribution in [0.3, 0.4) is 0 Å². The standard InChI is InChI=1S/C28H18F2N4O5S/c1-16-32-26(19-8-10-23-24(15-19)39-28(29,30)38-23)27(37-16)21-14-18(17-5-4-6-20(13-17)40(3,35)36)7-9-22(21)34-12-11-25(31-2)33-34/h4-15H,1,3H3. The first kappa shape index (κ1) is 25.3. The van der Waals surface area contributed by atoms with Gasteiger partial charge in [0.05, 0.1) is 10.6 Å². The van der Waals surface area contributed by atoms with Crippen LogP contribution in [0.1, 0.15) is 5.89 Å². The number of ether oxygens (including phenoxy) is 2. The third kappa shape index (κ3) is 4.56. The van der Waals surface area contributed by atoms with E-state index in [1.54, 1.807) is 61.7 Å². The van der Waals surface area contributed by atoms with Crippen LogP contribution >= 0.6 is 0 Å². The van der Waals surface area contributed by atoms with E-state index in [2.05, 4.69) is 24.4 Å². The van der Waals surface area contributed by atoms with Gasteiger partial charge in [-0.3, -0.25) is 0 Å². The Hall–Kier alpha value is -5.02. The molecule has 3 heterocycles. The van der Waals surface area contributed by atoms with E-state index in [1.807, 2.05) is 0 Å². The van der Waals surface area contributed by atoms with E-state index >= 15 is 0 Å². The summed E-state index contributed by atoms with van der Waals surface area (Å²) in [5.41, 5.74) is 3.15. The fraction of sp³-hybridized carbons (Fsp3) is 0.107. The van der Waals surface area contributed by atoms with Crippen LogP contribution in [0.4, 0.5) is 14.6 Å². The van der Waals surface area contributed by atoms with Gasteiger partial charge in [0.25, 0.3) is 5.82 Å². The molecule has 5 aromatic rings. The number of oxazole rings is 1. The summed E-state index contributed by atoms with van der Waals surface area (Å²) in [6.07, 6.45) is -1.01. The van der Waals surface area contributed by atoms with Gasteiger partial charge in [0.2, 0.25) is 0 Å². The Morgan fingerprint density at radius 2 is 1.70 bits per heavy atom. The van der Waals surface area contributed by atoms with Crippen molar-refractivity contribution in [3.8, 4) is 50.9 Å². The molecule has 12 heteroatoms. The molecule has 1 aliphatic rings. The average Bonchev–Trinajstić information content (AvgIpc) is 3.63. The molecule has 40 heavy (non-hydrogen) atoms. The molecule has 0 atom stereocenters. The van der Waals surface area contributed by atoms with E-state index < -0.39 is 16.1 Å². The summed E-state index contributed by atoms with van der Waals surface area (Å²) < 4.78 is 68.4. The Kier molecular flexibility index (Phi) is 5.70. The van der Waals surface area contributed by atoms with Gasteiger partial charge in [-0.25, -0.2) is 13.4 Å². The number of aromatic nitrogens is 3. The Labute approximate surface area is 227 Å². The Morgan fingerprint density at radius 3 is 2.45 bits per heavy atom. The lowest BCUT2D eigenvalue weighted by Gasteiger charge is -2.11. The number of benzene rings is 3. The van der Waals surface area contributed by atoms with Gasteiger partial charge in [-0.1, -0.05) is 24.8 Å². The summed E-state index contributed by atoms with van der Waals surface area (Å²) in [5, 5.41) is 4.31. The van der Waals surface area contributed by atoms with E-state index in [-0.39, 0.29) is 22.2 Å². The molecule has 0 saturated heterocycles. The van der Waals surface area contributed by atoms with Crippen molar-refractivity contribution in [1.82, 2.24) is 14.8 Å². The van der Waals surface area contributed by atoms with Crippen molar-refractivity contribution >= 4 is 15.7 Å². The minimum atomic E-state index is -3.77. The highest BCUT2D eigenvalue weighted by molar-refractivity contribution is 7.90. The van der Waals surface area contributed by atoms with Crippen LogP contribution in [-0.4, -0.2) is 35.7 Å². The van der Waals surface area contributed by atoms with Gasteiger partial charge < -0.3 is 18.7 Å². The molecular formula is C28H18F2N4O5S. The largest absolute Gasteiger partial charge is 0.586 e. The van der Waals surface area contributed by atoms with Crippen molar-refractivity contribution in [2.75, 3.05) is 6.26 Å². The van der Waals surface area contributed by atoms with Crippen LogP contribution in [0.2, 0.25) is 0 Å². The second kappa shape index (κ2) is 9.03. The molecule has 0 spiro atoms. The second-order valence-corrected chi connectivity index (χ2v) is 11.0. The molecule has 1 aliphatic heterocycles. The van der Waals surface area contributed by atoms with Gasteiger partial charge >= 0.3 is 6.29 Å². The van der Waals surface area contributed by atoms with E-state index in [0.717, 1.165) is 6.26 Å². The number of sulfone groups is 1. The van der Waals surface area contributed by atoms with Crippen LogP contribution in [0.25, 0.3) is 44.2 Å². The summed E-state index contributed by atoms with van der Waals surface area (Å²) >= 11 is 0. The van der Waals surface area contributed by atoms with Gasteiger partial charge in [0.1, 0.15) is 5.69 Å². The SMILES string of the molecule is [C-]#[N+]c1ccn(-c2ccc(-c3cccc(S(C)(=O)=O)c3)cc2-c2oc(C)nc2-c2ccc3c(c2)OC(F)(F)O3)n1. The topological polar surface area (TPSA) is 101 Å². The van der Waals surface area contributed by atoms with Crippen LogP contribution < -0.4 is 9.47 Å². The lowest BCUT2D eigenvalue weighted by atomic mass is 9.98. The number of nitrogens with zero attached hydrogens (tertiary/aromatic N) is 4. The zero-order valence-electron chi connectivity index (χ0n) is 20.9. The number of hydrogen-bond acceptors (Lipinski definition) is 7. The average molecular weight is 561 g/mol. The van der Waals surface area contributed by atoms with Crippen molar-refractivity contribution < 1.29 is 31.1 Å². The first-order valence-electron chi connectivity index (χ1n) is 11.8. The van der Waals surface area contributed by atoms with Crippen molar-refractivity contribution in [3.05, 3.63) is 90.2 Å². The zero-order valence-corrected chi connectivity index (χ0v) is 21.7. The van der Waals surface area contributed by atoms with Crippen molar-refractivity contribution in [3.63, 3.8) is 0 Å². The van der Waals surface area contributed by atoms with Crippen LogP contribution in [0.5, 0.6) is 11.5 Å². The van der Waals surface area contributed by atoms with Crippen LogP contribution in [-0.2, 0) is 9.84 Å². The zero-order chi connectivity index (χ0) is 28.2. The highest BCUT2D eigenvalue weighted by Crippen LogP contribution is 2.45. The second-order valence-electron chi connectivity index (χ2n) is 9.00. The Morgan fingerprint density at radius 1 is 0.950 bits per heavy atom. The minimum absolute atomic E-state index is 0.104. The molecular weight excluding hydrogens is 542 g/mol. The molecule has 9 nitrogen and oxygen atoms in total. The summed E-state index contributed by atoms with van der Waals surface area (Å²) in [6, 6.07) is 17.8. The predicted octanol–water partition coefficient (Wildman–Crippen LogP) is 6.45. The molecule has 2 aromatic heterocycles. The van der Waals surface area contributed by atoms with Gasteiger partial charge in [0, 0.05) is 30.5 Å². The molecule has 0 fully saturated rings. The molecule has 0 saturated carbocycles. The van der Waals surface area contributed by atoms with Crippen molar-refractivity contribution in [2.24, 2.45) is 0 Å². The first-order valence-corrected chi connectivity index (χ1v) is 13.7. The number of hydrogen-bond donors (Lipinski definition) is 0. The molecule has 0 N–H and O–H groups in total. The Balaban J connectivity index is 1.55. The molecule has 0 radical (unpaired) electrons. The molecule has 0 amide bonds. The predicted molar refractivity (Wildman–Crippen MR) is 140 cm³/mol. The quantitative estimate of drug-likeness (QED) is 0.228. The van der Waals surface area contributed by atoms with Gasteiger partial charge in [0.15, 0.2) is 33.0 Å². The van der Waals surface area contributed by atoms with Crippen molar-refractivity contribution in [1.29, 1.82) is 0 Å². The summed E-state index contributed by atoms with van der Waals surface area (Å²) in [5.74, 6) is 0.549. The number of fused-ring (bicyclic) bond motifs is 1. The maximum Gasteiger partial charge on any atom is 0.586 e. The Bertz CT molecular complexity index is 1960. The van der Waals surface area contributed by atoms with Gasteiger partial charge in [-0.05, 0) is 64.8 Å². The fourth-order valence-corrected chi connectivity index (χ4v) is 5.08. The molecule has 0 bridgehead atoms. The highest BCUT2D eigenvalue weighted by atomic mass is 32.2. The lowest BCUT2D eigenvalue weighted by Crippen LogP contribution is -2.25. The molecule has 0 unspecified atom stereocenters.